The van der Waals surface area contributed by atoms with Crippen LogP contribution in [0.5, 0.6) is 0 Å². The van der Waals surface area contributed by atoms with Crippen molar-refractivity contribution in [2.24, 2.45) is 17.3 Å². The average molecular weight is 91.9 g/mol. The predicted octanol–water partition coefficient (Wildman–Crippen LogP) is 1.23. The molecule has 3 unspecified atom stereocenters. The van der Waals surface area contributed by atoms with Gasteiger partial charge >= 0.3 is 0 Å². The van der Waals surface area contributed by atoms with Gasteiger partial charge in [-0.1, -0.05) is 13.2 Å². The van der Waals surface area contributed by atoms with Crippen molar-refractivity contribution in [2.45, 2.75) is 19.7 Å². The SMILES string of the molecule is [B]CC12CC1C2C. The van der Waals surface area contributed by atoms with Gasteiger partial charge in [-0.2, -0.15) is 0 Å². The van der Waals surface area contributed by atoms with Crippen LogP contribution in [0.3, 0.4) is 0 Å². The van der Waals surface area contributed by atoms with Crippen molar-refractivity contribution in [3.05, 3.63) is 0 Å². The highest BCUT2D eigenvalue weighted by atomic mass is 14.8. The van der Waals surface area contributed by atoms with Crippen molar-refractivity contribution in [1.29, 1.82) is 0 Å². The fraction of sp³-hybridized carbons (Fsp3) is 1.00. The third-order valence-electron chi connectivity index (χ3n) is 2.96. The third-order valence-corrected chi connectivity index (χ3v) is 2.96. The zero-order chi connectivity index (χ0) is 5.07. The highest BCUT2D eigenvalue weighted by Crippen LogP contribution is 2.81. The van der Waals surface area contributed by atoms with Gasteiger partial charge in [-0.25, -0.2) is 0 Å². The molecule has 2 aliphatic carbocycles. The molecule has 0 bridgehead atoms. The Morgan fingerprint density at radius 3 is 2.43 bits per heavy atom. The maximum Gasteiger partial charge on any atom is 0.0660 e. The van der Waals surface area contributed by atoms with Crippen molar-refractivity contribution < 1.29 is 0 Å². The first-order chi connectivity index (χ1) is 3.31. The quantitative estimate of drug-likeness (QED) is 0.426. The summed E-state index contributed by atoms with van der Waals surface area (Å²) in [6.07, 6.45) is 2.38. The van der Waals surface area contributed by atoms with E-state index >= 15 is 0 Å². The molecule has 0 aromatic heterocycles. The molecule has 2 radical (unpaired) electrons. The summed E-state index contributed by atoms with van der Waals surface area (Å²) in [6.45, 7) is 2.31. The van der Waals surface area contributed by atoms with Crippen LogP contribution in [0.1, 0.15) is 13.3 Å². The maximum absolute atomic E-state index is 5.50. The van der Waals surface area contributed by atoms with Crippen molar-refractivity contribution in [3.63, 3.8) is 0 Å². The standard InChI is InChI=1S/C6H9B/c1-4-5-2-6(4,5)3-7/h4-5H,2-3H2,1H3. The van der Waals surface area contributed by atoms with Gasteiger partial charge in [0.2, 0.25) is 0 Å². The fourth-order valence-corrected chi connectivity index (χ4v) is 1.78. The maximum atomic E-state index is 5.50. The minimum atomic E-state index is 0.694. The Labute approximate surface area is 45.7 Å². The molecule has 0 saturated heterocycles. The van der Waals surface area contributed by atoms with Crippen LogP contribution in [0.15, 0.2) is 0 Å². The van der Waals surface area contributed by atoms with E-state index < -0.39 is 0 Å². The predicted molar refractivity (Wildman–Crippen MR) is 30.3 cm³/mol. The summed E-state index contributed by atoms with van der Waals surface area (Å²) in [5.74, 6) is 2.04. The molecule has 0 aliphatic heterocycles. The summed E-state index contributed by atoms with van der Waals surface area (Å²) in [4.78, 5) is 0. The highest BCUT2D eigenvalue weighted by Gasteiger charge is 2.74. The monoisotopic (exact) mass is 92.1 g/mol. The van der Waals surface area contributed by atoms with E-state index in [1.54, 1.807) is 0 Å². The minimum Gasteiger partial charge on any atom is -0.0826 e. The van der Waals surface area contributed by atoms with E-state index in [1.165, 1.54) is 6.42 Å². The molecule has 0 aromatic carbocycles. The molecule has 0 heterocycles. The van der Waals surface area contributed by atoms with E-state index in [-0.39, 0.29) is 0 Å². The van der Waals surface area contributed by atoms with Crippen LogP contribution in [-0.4, -0.2) is 7.85 Å². The summed E-state index contributed by atoms with van der Waals surface area (Å²) >= 11 is 0. The second-order valence-corrected chi connectivity index (χ2v) is 3.04. The second-order valence-electron chi connectivity index (χ2n) is 3.04. The van der Waals surface area contributed by atoms with Gasteiger partial charge in [0.15, 0.2) is 0 Å². The molecule has 0 aromatic rings. The Balaban J connectivity index is 2.08. The second kappa shape index (κ2) is 0.786. The molecule has 0 amide bonds. The summed E-state index contributed by atoms with van der Waals surface area (Å²) in [5, 5.41) is 0. The molecule has 1 heteroatoms. The van der Waals surface area contributed by atoms with Crippen LogP contribution in [-0.2, 0) is 0 Å². The first kappa shape index (κ1) is 4.00. The van der Waals surface area contributed by atoms with Gasteiger partial charge in [0, 0.05) is 0 Å². The summed E-state index contributed by atoms with van der Waals surface area (Å²) in [6, 6.07) is 0. The van der Waals surface area contributed by atoms with Gasteiger partial charge in [0.05, 0.1) is 7.85 Å². The molecule has 2 fully saturated rings. The molecule has 2 saturated carbocycles. The van der Waals surface area contributed by atoms with Gasteiger partial charge in [-0.3, -0.25) is 0 Å². The Morgan fingerprint density at radius 2 is 2.43 bits per heavy atom. The van der Waals surface area contributed by atoms with Gasteiger partial charge in [-0.15, -0.1) is 0 Å². The molecular formula is C6H9B. The fourth-order valence-electron chi connectivity index (χ4n) is 1.78. The normalized spacial score (nSPS) is 64.1. The molecule has 36 valence electrons. The molecule has 0 N–H and O–H groups in total. The van der Waals surface area contributed by atoms with Crippen molar-refractivity contribution in [2.75, 3.05) is 0 Å². The lowest BCUT2D eigenvalue weighted by Gasteiger charge is -1.99. The lowest BCUT2D eigenvalue weighted by molar-refractivity contribution is 0.563. The number of fused-ring (bicyclic) bond motifs is 1. The van der Waals surface area contributed by atoms with E-state index in [0.29, 0.717) is 5.41 Å². The summed E-state index contributed by atoms with van der Waals surface area (Å²) < 4.78 is 0. The first-order valence-corrected chi connectivity index (χ1v) is 3.01. The van der Waals surface area contributed by atoms with E-state index in [9.17, 15) is 0 Å². The van der Waals surface area contributed by atoms with E-state index in [0.717, 1.165) is 18.2 Å². The Hall–Kier alpha value is 0.0649. The van der Waals surface area contributed by atoms with E-state index in [2.05, 4.69) is 6.92 Å². The zero-order valence-corrected chi connectivity index (χ0v) is 4.65. The average Bonchev–Trinajstić information content (AvgIpc) is 2.49. The largest absolute Gasteiger partial charge is 0.0826 e. The van der Waals surface area contributed by atoms with Crippen LogP contribution in [0.25, 0.3) is 0 Å². The molecule has 7 heavy (non-hydrogen) atoms. The molecule has 3 atom stereocenters. The van der Waals surface area contributed by atoms with Gasteiger partial charge in [0.25, 0.3) is 0 Å². The topological polar surface area (TPSA) is 0 Å². The zero-order valence-electron chi connectivity index (χ0n) is 4.65. The molecule has 2 rings (SSSR count). The lowest BCUT2D eigenvalue weighted by atomic mass is 9.91. The number of hydrogen-bond donors (Lipinski definition) is 0. The third kappa shape index (κ3) is 0.249. The highest BCUT2D eigenvalue weighted by molar-refractivity contribution is 6.09. The number of hydrogen-bond acceptors (Lipinski definition) is 0. The van der Waals surface area contributed by atoms with Crippen LogP contribution in [0.4, 0.5) is 0 Å². The van der Waals surface area contributed by atoms with Gasteiger partial charge in [0.1, 0.15) is 0 Å². The van der Waals surface area contributed by atoms with Gasteiger partial charge in [-0.05, 0) is 23.7 Å². The smallest absolute Gasteiger partial charge is 0.0660 e. The minimum absolute atomic E-state index is 0.694. The number of rotatable bonds is 1. The Kier molecular flexibility index (Phi) is 0.449. The Morgan fingerprint density at radius 1 is 1.86 bits per heavy atom. The molecule has 0 nitrogen and oxygen atoms in total. The van der Waals surface area contributed by atoms with Crippen molar-refractivity contribution >= 4 is 7.85 Å². The first-order valence-electron chi connectivity index (χ1n) is 3.01. The van der Waals surface area contributed by atoms with Crippen molar-refractivity contribution in [1.82, 2.24) is 0 Å². The summed E-state index contributed by atoms with van der Waals surface area (Å²) in [5.41, 5.74) is 0.694. The van der Waals surface area contributed by atoms with Crippen LogP contribution >= 0.6 is 0 Å². The summed E-state index contributed by atoms with van der Waals surface area (Å²) in [7, 11) is 5.50. The Bertz CT molecular complexity index is 105. The van der Waals surface area contributed by atoms with Crippen LogP contribution in [0.2, 0.25) is 6.32 Å². The van der Waals surface area contributed by atoms with Crippen LogP contribution in [0, 0.1) is 17.3 Å². The molecule has 2 aliphatic rings. The van der Waals surface area contributed by atoms with E-state index in [4.69, 9.17) is 7.85 Å². The van der Waals surface area contributed by atoms with Crippen LogP contribution < -0.4 is 0 Å². The molecule has 0 spiro atoms. The van der Waals surface area contributed by atoms with Crippen molar-refractivity contribution in [3.8, 4) is 0 Å². The molecular weight excluding hydrogens is 82.9 g/mol. The lowest BCUT2D eigenvalue weighted by Crippen LogP contribution is -1.91. The van der Waals surface area contributed by atoms with Gasteiger partial charge < -0.3 is 0 Å². The van der Waals surface area contributed by atoms with E-state index in [1.807, 2.05) is 0 Å².